The van der Waals surface area contributed by atoms with Crippen molar-refractivity contribution in [3.8, 4) is 17.1 Å². The lowest BCUT2D eigenvalue weighted by Crippen LogP contribution is -2.36. The van der Waals surface area contributed by atoms with Gasteiger partial charge in [-0.2, -0.15) is 0 Å². The molecule has 9 heteroatoms. The molecule has 1 heterocycles. The Balaban J connectivity index is 1.46. The first-order valence-corrected chi connectivity index (χ1v) is 14.6. The van der Waals surface area contributed by atoms with Crippen LogP contribution in [0.15, 0.2) is 78.0 Å². The van der Waals surface area contributed by atoms with Gasteiger partial charge in [0.15, 0.2) is 11.0 Å². The Bertz CT molecular complexity index is 1380. The Morgan fingerprint density at radius 2 is 1.67 bits per heavy atom. The van der Waals surface area contributed by atoms with Gasteiger partial charge in [0.1, 0.15) is 0 Å². The molecule has 0 saturated carbocycles. The van der Waals surface area contributed by atoms with E-state index in [-0.39, 0.29) is 5.91 Å². The van der Waals surface area contributed by atoms with Gasteiger partial charge in [0.25, 0.3) is 0 Å². The SMILES string of the molecule is Cc1ccc(-c2nnc(SCCCC(=O)N(CCN(C)C)Cc3ccccc3)n2-c2ccc(Cl)c(Cl)c2)cc1. The maximum atomic E-state index is 13.2. The Morgan fingerprint density at radius 1 is 0.923 bits per heavy atom. The predicted octanol–water partition coefficient (Wildman–Crippen LogP) is 7.01. The van der Waals surface area contributed by atoms with Crippen LogP contribution in [0.5, 0.6) is 0 Å². The maximum absolute atomic E-state index is 13.2. The molecule has 4 aromatic rings. The average Bonchev–Trinajstić information content (AvgIpc) is 3.35. The molecule has 1 amide bonds. The van der Waals surface area contributed by atoms with Crippen molar-refractivity contribution in [2.45, 2.75) is 31.5 Å². The molecular weight excluding hydrogens is 549 g/mol. The van der Waals surface area contributed by atoms with Crippen molar-refractivity contribution >= 4 is 40.9 Å². The highest BCUT2D eigenvalue weighted by Gasteiger charge is 2.18. The number of hydrogen-bond donors (Lipinski definition) is 0. The molecule has 0 aliphatic rings. The van der Waals surface area contributed by atoms with Gasteiger partial charge in [-0.25, -0.2) is 0 Å². The van der Waals surface area contributed by atoms with Crippen LogP contribution < -0.4 is 0 Å². The van der Waals surface area contributed by atoms with Crippen LogP contribution in [-0.4, -0.2) is 63.4 Å². The number of aryl methyl sites for hydroxylation is 1. The Labute approximate surface area is 244 Å². The third-order valence-electron chi connectivity index (χ3n) is 6.26. The largest absolute Gasteiger partial charge is 0.337 e. The normalized spacial score (nSPS) is 11.2. The molecule has 3 aromatic carbocycles. The lowest BCUT2D eigenvalue weighted by Gasteiger charge is -2.24. The first-order chi connectivity index (χ1) is 18.8. The lowest BCUT2D eigenvalue weighted by atomic mass is 10.1. The van der Waals surface area contributed by atoms with E-state index < -0.39 is 0 Å². The molecule has 0 spiro atoms. The number of carbonyl (C=O) groups is 1. The smallest absolute Gasteiger partial charge is 0.222 e. The second-order valence-corrected chi connectivity index (χ2v) is 11.5. The van der Waals surface area contributed by atoms with Crippen LogP contribution in [0, 0.1) is 6.92 Å². The summed E-state index contributed by atoms with van der Waals surface area (Å²) in [6, 6.07) is 23.8. The summed E-state index contributed by atoms with van der Waals surface area (Å²) in [6.45, 7) is 4.19. The third kappa shape index (κ3) is 8.08. The summed E-state index contributed by atoms with van der Waals surface area (Å²) in [6.07, 6.45) is 1.20. The molecule has 6 nitrogen and oxygen atoms in total. The van der Waals surface area contributed by atoms with Crippen LogP contribution in [-0.2, 0) is 11.3 Å². The molecule has 0 fully saturated rings. The Kier molecular flexibility index (Phi) is 10.5. The number of hydrogen-bond acceptors (Lipinski definition) is 5. The van der Waals surface area contributed by atoms with E-state index in [1.165, 1.54) is 5.56 Å². The van der Waals surface area contributed by atoms with Gasteiger partial charge in [-0.3, -0.25) is 9.36 Å². The minimum Gasteiger partial charge on any atom is -0.337 e. The molecule has 0 atom stereocenters. The van der Waals surface area contributed by atoms with E-state index in [4.69, 9.17) is 23.2 Å². The van der Waals surface area contributed by atoms with Crippen molar-refractivity contribution in [1.82, 2.24) is 24.6 Å². The summed E-state index contributed by atoms with van der Waals surface area (Å²) < 4.78 is 2.00. The van der Waals surface area contributed by atoms with Gasteiger partial charge in [-0.05, 0) is 51.2 Å². The summed E-state index contributed by atoms with van der Waals surface area (Å²) >= 11 is 14.1. The van der Waals surface area contributed by atoms with E-state index in [1.807, 2.05) is 66.0 Å². The fourth-order valence-electron chi connectivity index (χ4n) is 4.07. The van der Waals surface area contributed by atoms with E-state index in [0.717, 1.165) is 46.5 Å². The molecule has 0 unspecified atom stereocenters. The van der Waals surface area contributed by atoms with Crippen LogP contribution in [0.25, 0.3) is 17.1 Å². The summed E-state index contributed by atoms with van der Waals surface area (Å²) in [5.74, 6) is 1.61. The molecule has 0 aliphatic carbocycles. The van der Waals surface area contributed by atoms with Crippen molar-refractivity contribution in [2.75, 3.05) is 32.9 Å². The first-order valence-electron chi connectivity index (χ1n) is 12.9. The number of nitrogens with zero attached hydrogens (tertiary/aromatic N) is 5. The van der Waals surface area contributed by atoms with Crippen LogP contribution >= 0.6 is 35.0 Å². The highest BCUT2D eigenvalue weighted by molar-refractivity contribution is 7.99. The minimum atomic E-state index is 0.160. The summed E-state index contributed by atoms with van der Waals surface area (Å²) in [5, 5.41) is 10.7. The fraction of sp³-hybridized carbons (Fsp3) is 0.300. The molecule has 0 saturated heterocycles. The molecule has 4 rings (SSSR count). The molecular formula is C30H33Cl2N5OS. The standard InChI is InChI=1S/C30H33Cl2N5OS/c1-22-11-13-24(14-12-22)29-33-34-30(37(29)25-15-16-26(31)27(32)20-25)39-19-7-10-28(38)36(18-17-35(2)3)21-23-8-5-4-6-9-23/h4-6,8-9,11-16,20H,7,10,17-19,21H2,1-3H3. The molecule has 0 bridgehead atoms. The molecule has 0 aliphatic heterocycles. The van der Waals surface area contributed by atoms with Crippen molar-refractivity contribution in [2.24, 2.45) is 0 Å². The highest BCUT2D eigenvalue weighted by Crippen LogP contribution is 2.32. The number of halogens is 2. The zero-order valence-corrected chi connectivity index (χ0v) is 24.8. The first kappa shape index (κ1) is 29.2. The summed E-state index contributed by atoms with van der Waals surface area (Å²) in [7, 11) is 4.05. The molecule has 0 radical (unpaired) electrons. The molecule has 1 aromatic heterocycles. The zero-order chi connectivity index (χ0) is 27.8. The second kappa shape index (κ2) is 14.0. The number of amides is 1. The van der Waals surface area contributed by atoms with Gasteiger partial charge in [0.05, 0.1) is 15.7 Å². The molecule has 0 N–H and O–H groups in total. The van der Waals surface area contributed by atoms with Gasteiger partial charge >= 0.3 is 0 Å². The Morgan fingerprint density at radius 3 is 2.36 bits per heavy atom. The summed E-state index contributed by atoms with van der Waals surface area (Å²) in [5.41, 5.74) is 4.10. The van der Waals surface area contributed by atoms with Gasteiger partial charge in [-0.15, -0.1) is 10.2 Å². The van der Waals surface area contributed by atoms with Crippen molar-refractivity contribution < 1.29 is 4.79 Å². The van der Waals surface area contributed by atoms with Gasteiger partial charge in [0, 0.05) is 37.4 Å². The maximum Gasteiger partial charge on any atom is 0.222 e. The van der Waals surface area contributed by atoms with E-state index in [2.05, 4.69) is 46.3 Å². The van der Waals surface area contributed by atoms with E-state index in [9.17, 15) is 4.79 Å². The van der Waals surface area contributed by atoms with E-state index >= 15 is 0 Å². The number of thioether (sulfide) groups is 1. The van der Waals surface area contributed by atoms with Gasteiger partial charge in [0.2, 0.25) is 5.91 Å². The summed E-state index contributed by atoms with van der Waals surface area (Å²) in [4.78, 5) is 17.2. The topological polar surface area (TPSA) is 54.3 Å². The van der Waals surface area contributed by atoms with Crippen LogP contribution in [0.3, 0.4) is 0 Å². The van der Waals surface area contributed by atoms with E-state index in [0.29, 0.717) is 29.6 Å². The zero-order valence-electron chi connectivity index (χ0n) is 22.5. The quantitative estimate of drug-likeness (QED) is 0.133. The van der Waals surface area contributed by atoms with Gasteiger partial charge < -0.3 is 9.80 Å². The average molecular weight is 583 g/mol. The minimum absolute atomic E-state index is 0.160. The number of aromatic nitrogens is 3. The van der Waals surface area contributed by atoms with Crippen LogP contribution in [0.1, 0.15) is 24.0 Å². The van der Waals surface area contributed by atoms with Crippen molar-refractivity contribution in [1.29, 1.82) is 0 Å². The second-order valence-electron chi connectivity index (χ2n) is 9.66. The van der Waals surface area contributed by atoms with Gasteiger partial charge in [-0.1, -0.05) is 95.1 Å². The fourth-order valence-corrected chi connectivity index (χ4v) is 5.25. The van der Waals surface area contributed by atoms with Crippen molar-refractivity contribution in [3.63, 3.8) is 0 Å². The number of benzene rings is 3. The molecule has 39 heavy (non-hydrogen) atoms. The van der Waals surface area contributed by atoms with Crippen molar-refractivity contribution in [3.05, 3.63) is 94.0 Å². The highest BCUT2D eigenvalue weighted by atomic mass is 35.5. The Hall–Kier alpha value is -2.84. The predicted molar refractivity (Wildman–Crippen MR) is 162 cm³/mol. The number of rotatable bonds is 12. The monoisotopic (exact) mass is 581 g/mol. The van der Waals surface area contributed by atoms with E-state index in [1.54, 1.807) is 17.8 Å². The lowest BCUT2D eigenvalue weighted by molar-refractivity contribution is -0.132. The number of likely N-dealkylation sites (N-methyl/N-ethyl adjacent to an activating group) is 1. The number of carbonyl (C=O) groups excluding carboxylic acids is 1. The van der Waals surface area contributed by atoms with Crippen LogP contribution in [0.4, 0.5) is 0 Å². The third-order valence-corrected chi connectivity index (χ3v) is 8.01. The molecule has 204 valence electrons. The van der Waals surface area contributed by atoms with Crippen LogP contribution in [0.2, 0.25) is 10.0 Å².